The molecule has 0 fully saturated rings. The summed E-state index contributed by atoms with van der Waals surface area (Å²) < 4.78 is 50.3. The molecular weight excluding hydrogens is 525 g/mol. The van der Waals surface area contributed by atoms with E-state index in [4.69, 9.17) is 4.74 Å². The summed E-state index contributed by atoms with van der Waals surface area (Å²) in [7, 11) is 2.97. The first-order valence-corrected chi connectivity index (χ1v) is 12.6. The Morgan fingerprint density at radius 1 is 1.15 bits per heavy atom. The normalized spacial score (nSPS) is 20.5. The topological polar surface area (TPSA) is 94.3 Å². The zero-order valence-corrected chi connectivity index (χ0v) is 21.6. The predicted molar refractivity (Wildman–Crippen MR) is 137 cm³/mol. The number of hydrogen-bond acceptors (Lipinski definition) is 5. The van der Waals surface area contributed by atoms with Crippen LogP contribution in [0.1, 0.15) is 27.2 Å². The first-order chi connectivity index (χ1) is 19.1. The van der Waals surface area contributed by atoms with Crippen molar-refractivity contribution in [2.24, 2.45) is 18.9 Å². The van der Waals surface area contributed by atoms with Crippen molar-refractivity contribution in [3.63, 3.8) is 0 Å². The van der Waals surface area contributed by atoms with Gasteiger partial charge in [0, 0.05) is 67.7 Å². The standard InChI is InChI=1S/C28H25F3N6O3/c1-35-14-23(25(34-35)28(29,30)31)20-9-16(13-36-8-6-32-15-36)10-22-18(20)5-7-37(27(22)39)24-12-33-26(38)19-4-3-17(40-2)11-21(19)24/h3-4,6,8-12,14-15,19,21H,5,7,13H2,1-2H3,(H,33,38). The number of carbonyl (C=O) groups is 2. The third-order valence-corrected chi connectivity index (χ3v) is 7.43. The smallest absolute Gasteiger partial charge is 0.435 e. The van der Waals surface area contributed by atoms with Crippen molar-refractivity contribution in [3.8, 4) is 11.1 Å². The van der Waals surface area contributed by atoms with Crippen molar-refractivity contribution in [1.29, 1.82) is 0 Å². The van der Waals surface area contributed by atoms with E-state index in [2.05, 4.69) is 15.4 Å². The Kier molecular flexibility index (Phi) is 6.12. The minimum Gasteiger partial charge on any atom is -0.497 e. The van der Waals surface area contributed by atoms with Crippen LogP contribution in [-0.2, 0) is 35.7 Å². The number of imidazole rings is 1. The van der Waals surface area contributed by atoms with Gasteiger partial charge in [0.1, 0.15) is 5.76 Å². The fraction of sp³-hybridized carbons (Fsp3) is 0.286. The Balaban J connectivity index is 1.46. The van der Waals surface area contributed by atoms with Crippen LogP contribution in [0.15, 0.2) is 72.9 Å². The molecule has 0 spiro atoms. The summed E-state index contributed by atoms with van der Waals surface area (Å²) in [5.41, 5.74) is 1.33. The van der Waals surface area contributed by atoms with Crippen molar-refractivity contribution in [3.05, 3.63) is 95.3 Å². The molecule has 0 bridgehead atoms. The van der Waals surface area contributed by atoms with Gasteiger partial charge in [-0.05, 0) is 47.4 Å². The molecular formula is C28H25F3N6O3. The van der Waals surface area contributed by atoms with E-state index in [9.17, 15) is 22.8 Å². The van der Waals surface area contributed by atoms with Gasteiger partial charge in [-0.15, -0.1) is 0 Å². The lowest BCUT2D eigenvalue weighted by molar-refractivity contribution is -0.141. The Hall–Kier alpha value is -4.61. The number of methoxy groups -OCH3 is 1. The average Bonchev–Trinajstić information content (AvgIpc) is 3.59. The van der Waals surface area contributed by atoms with Gasteiger partial charge in [0.05, 0.1) is 19.4 Å². The largest absolute Gasteiger partial charge is 0.497 e. The van der Waals surface area contributed by atoms with Gasteiger partial charge in [-0.2, -0.15) is 18.3 Å². The maximum absolute atomic E-state index is 14.1. The summed E-state index contributed by atoms with van der Waals surface area (Å²) in [6, 6.07) is 3.43. The van der Waals surface area contributed by atoms with E-state index in [0.29, 0.717) is 46.7 Å². The zero-order chi connectivity index (χ0) is 28.2. The number of hydrogen-bond donors (Lipinski definition) is 1. The highest BCUT2D eigenvalue weighted by atomic mass is 19.4. The first kappa shape index (κ1) is 25.7. The summed E-state index contributed by atoms with van der Waals surface area (Å²) in [6.07, 6.45) is 8.74. The van der Waals surface area contributed by atoms with E-state index in [-0.39, 0.29) is 23.9 Å². The number of nitrogens with zero attached hydrogens (tertiary/aromatic N) is 5. The Morgan fingerprint density at radius 3 is 2.67 bits per heavy atom. The second-order valence-corrected chi connectivity index (χ2v) is 9.94. The van der Waals surface area contributed by atoms with Crippen molar-refractivity contribution in [1.82, 2.24) is 29.5 Å². The van der Waals surface area contributed by atoms with Gasteiger partial charge in [0.2, 0.25) is 5.91 Å². The summed E-state index contributed by atoms with van der Waals surface area (Å²) in [5.74, 6) is -0.908. The molecule has 2 unspecified atom stereocenters. The molecule has 40 heavy (non-hydrogen) atoms. The van der Waals surface area contributed by atoms with Crippen LogP contribution in [0.25, 0.3) is 11.1 Å². The molecule has 0 saturated heterocycles. The molecule has 3 aromatic rings. The fourth-order valence-electron chi connectivity index (χ4n) is 5.63. The minimum absolute atomic E-state index is 0.0747. The van der Waals surface area contributed by atoms with Crippen LogP contribution in [0.3, 0.4) is 0 Å². The summed E-state index contributed by atoms with van der Waals surface area (Å²) >= 11 is 0. The average molecular weight is 551 g/mol. The summed E-state index contributed by atoms with van der Waals surface area (Å²) in [5, 5.41) is 6.44. The molecule has 1 N–H and O–H groups in total. The van der Waals surface area contributed by atoms with E-state index in [0.717, 1.165) is 4.68 Å². The lowest BCUT2D eigenvalue weighted by atomic mass is 9.81. The third kappa shape index (κ3) is 4.38. The number of benzene rings is 1. The molecule has 0 radical (unpaired) electrons. The van der Waals surface area contributed by atoms with Crippen LogP contribution in [0, 0.1) is 11.8 Å². The number of ether oxygens (including phenoxy) is 1. The number of allylic oxidation sites excluding steroid dienone is 2. The zero-order valence-electron chi connectivity index (χ0n) is 21.6. The predicted octanol–water partition coefficient (Wildman–Crippen LogP) is 3.65. The number of halogens is 3. The highest BCUT2D eigenvalue weighted by molar-refractivity contribution is 6.00. The molecule has 0 saturated carbocycles. The van der Waals surface area contributed by atoms with Crippen molar-refractivity contribution >= 4 is 11.8 Å². The maximum Gasteiger partial charge on any atom is 0.435 e. The number of alkyl halides is 3. The van der Waals surface area contributed by atoms with Crippen molar-refractivity contribution in [2.75, 3.05) is 13.7 Å². The van der Waals surface area contributed by atoms with Gasteiger partial charge < -0.3 is 19.5 Å². The van der Waals surface area contributed by atoms with Crippen LogP contribution in [0.2, 0.25) is 0 Å². The van der Waals surface area contributed by atoms with Gasteiger partial charge in [0.15, 0.2) is 5.69 Å². The minimum atomic E-state index is -4.67. The van der Waals surface area contributed by atoms with Crippen LogP contribution in [0.5, 0.6) is 0 Å². The molecule has 4 heterocycles. The maximum atomic E-state index is 14.1. The molecule has 2 atom stereocenters. The van der Waals surface area contributed by atoms with Crippen LogP contribution < -0.4 is 5.32 Å². The SMILES string of the molecule is COC1=CC2C(N3CCc4c(cc(Cn5ccnc5)cc4-c4cn(C)nc4C(F)(F)F)C3=O)=CNC(=O)C2C=C1. The lowest BCUT2D eigenvalue weighted by Gasteiger charge is -2.39. The second-order valence-electron chi connectivity index (χ2n) is 9.94. The van der Waals surface area contributed by atoms with Crippen molar-refractivity contribution < 1.29 is 27.5 Å². The van der Waals surface area contributed by atoms with Gasteiger partial charge in [-0.25, -0.2) is 4.98 Å². The van der Waals surface area contributed by atoms with Crippen LogP contribution in [0.4, 0.5) is 13.2 Å². The highest BCUT2D eigenvalue weighted by Gasteiger charge is 2.41. The quantitative estimate of drug-likeness (QED) is 0.524. The molecule has 2 amide bonds. The molecule has 12 heteroatoms. The van der Waals surface area contributed by atoms with Crippen LogP contribution >= 0.6 is 0 Å². The first-order valence-electron chi connectivity index (χ1n) is 12.6. The van der Waals surface area contributed by atoms with E-state index in [1.165, 1.54) is 26.6 Å². The van der Waals surface area contributed by atoms with E-state index >= 15 is 0 Å². The highest BCUT2D eigenvalue weighted by Crippen LogP contribution is 2.41. The Labute approximate surface area is 227 Å². The summed E-state index contributed by atoms with van der Waals surface area (Å²) in [6.45, 7) is 0.537. The van der Waals surface area contributed by atoms with Gasteiger partial charge in [0.25, 0.3) is 5.91 Å². The van der Waals surface area contributed by atoms with Gasteiger partial charge >= 0.3 is 6.18 Å². The number of fused-ring (bicyclic) bond motifs is 2. The van der Waals surface area contributed by atoms with Gasteiger partial charge in [-0.3, -0.25) is 14.3 Å². The van der Waals surface area contributed by atoms with E-state index in [1.807, 2.05) is 6.08 Å². The number of rotatable bonds is 5. The van der Waals surface area contributed by atoms with Crippen LogP contribution in [-0.4, -0.2) is 49.7 Å². The summed E-state index contributed by atoms with van der Waals surface area (Å²) in [4.78, 5) is 32.3. The van der Waals surface area contributed by atoms with E-state index in [1.54, 1.807) is 52.5 Å². The van der Waals surface area contributed by atoms with E-state index < -0.39 is 23.7 Å². The number of carbonyl (C=O) groups excluding carboxylic acids is 2. The molecule has 2 aliphatic heterocycles. The molecule has 1 aromatic carbocycles. The molecule has 3 aliphatic rings. The fourth-order valence-corrected chi connectivity index (χ4v) is 5.63. The van der Waals surface area contributed by atoms with Gasteiger partial charge in [-0.1, -0.05) is 6.08 Å². The Morgan fingerprint density at radius 2 is 1.95 bits per heavy atom. The molecule has 6 rings (SSSR count). The second kappa shape index (κ2) is 9.54. The number of amides is 2. The molecule has 9 nitrogen and oxygen atoms in total. The number of nitrogens with one attached hydrogen (secondary N) is 1. The third-order valence-electron chi connectivity index (χ3n) is 7.43. The molecule has 206 valence electrons. The Bertz CT molecular complexity index is 1600. The molecule has 2 aromatic heterocycles. The van der Waals surface area contributed by atoms with Crippen molar-refractivity contribution in [2.45, 2.75) is 19.1 Å². The number of aromatic nitrogens is 4. The number of aryl methyl sites for hydroxylation is 1. The lowest BCUT2D eigenvalue weighted by Crippen LogP contribution is -2.46. The monoisotopic (exact) mass is 550 g/mol. The molecule has 1 aliphatic carbocycles.